The van der Waals surface area contributed by atoms with Crippen molar-refractivity contribution in [2.45, 2.75) is 70.9 Å². The summed E-state index contributed by atoms with van der Waals surface area (Å²) in [6, 6.07) is 0.530. The molecule has 2 aromatic heterocycles. The fraction of sp³-hybridized carbons (Fsp3) is 0.786. The Morgan fingerprint density at radius 2 is 2.10 bits per heavy atom. The minimum Gasteiger partial charge on any atom is -0.308 e. The summed E-state index contributed by atoms with van der Waals surface area (Å²) in [7, 11) is 0. The summed E-state index contributed by atoms with van der Waals surface area (Å²) in [4.78, 5) is 0.937. The molecule has 1 fully saturated rings. The predicted molar refractivity (Wildman–Crippen MR) is 81.1 cm³/mol. The van der Waals surface area contributed by atoms with Crippen LogP contribution in [0.15, 0.2) is 0 Å². The van der Waals surface area contributed by atoms with Crippen LogP contribution in [0.25, 0.3) is 4.96 Å². The summed E-state index contributed by atoms with van der Waals surface area (Å²) in [5.74, 6) is 1.63. The molecule has 0 aromatic carbocycles. The molecule has 1 unspecified atom stereocenters. The molecule has 0 bridgehead atoms. The van der Waals surface area contributed by atoms with Gasteiger partial charge in [-0.1, -0.05) is 37.5 Å². The molecule has 0 aliphatic heterocycles. The molecule has 110 valence electrons. The Balaban J connectivity index is 1.76. The first-order valence-corrected chi connectivity index (χ1v) is 8.54. The number of hydrogen-bond acceptors (Lipinski definition) is 5. The van der Waals surface area contributed by atoms with Gasteiger partial charge in [-0.15, -0.1) is 10.2 Å². The summed E-state index contributed by atoms with van der Waals surface area (Å²) in [5.41, 5.74) is 0. The number of fused-ring (bicyclic) bond motifs is 1. The Kier molecular flexibility index (Phi) is 4.31. The van der Waals surface area contributed by atoms with Crippen LogP contribution in [0.3, 0.4) is 0 Å². The molecule has 0 saturated heterocycles. The third kappa shape index (κ3) is 2.86. The molecule has 0 spiro atoms. The lowest BCUT2D eigenvalue weighted by Gasteiger charge is -2.18. The van der Waals surface area contributed by atoms with E-state index in [1.807, 2.05) is 4.52 Å². The number of nitrogens with one attached hydrogen (secondary N) is 1. The lowest BCUT2D eigenvalue weighted by atomic mass is 9.89. The second-order valence-electron chi connectivity index (χ2n) is 5.77. The number of nitrogens with zero attached hydrogens (tertiary/aromatic N) is 4. The SMILES string of the molecule is CCC(C)NCc1nn2c(C3CCCCC3)nnc2s1. The van der Waals surface area contributed by atoms with E-state index in [1.54, 1.807) is 11.3 Å². The van der Waals surface area contributed by atoms with Gasteiger partial charge in [-0.2, -0.15) is 9.61 Å². The van der Waals surface area contributed by atoms with Crippen LogP contribution in [0, 0.1) is 0 Å². The van der Waals surface area contributed by atoms with E-state index in [0.717, 1.165) is 28.8 Å². The van der Waals surface area contributed by atoms with Crippen molar-refractivity contribution >= 4 is 16.3 Å². The average molecular weight is 293 g/mol. The summed E-state index contributed by atoms with van der Waals surface area (Å²) in [6.07, 6.45) is 7.59. The van der Waals surface area contributed by atoms with E-state index in [2.05, 4.69) is 29.4 Å². The Morgan fingerprint density at radius 3 is 2.85 bits per heavy atom. The van der Waals surface area contributed by atoms with Gasteiger partial charge in [0.1, 0.15) is 5.01 Å². The van der Waals surface area contributed by atoms with Gasteiger partial charge in [-0.05, 0) is 26.2 Å². The van der Waals surface area contributed by atoms with Crippen LogP contribution in [0.4, 0.5) is 0 Å². The van der Waals surface area contributed by atoms with E-state index in [9.17, 15) is 0 Å². The van der Waals surface area contributed by atoms with Crippen LogP contribution in [0.2, 0.25) is 0 Å². The Bertz CT molecular complexity index is 555. The molecule has 1 atom stereocenters. The van der Waals surface area contributed by atoms with E-state index in [4.69, 9.17) is 5.10 Å². The summed E-state index contributed by atoms with van der Waals surface area (Å²) in [6.45, 7) is 5.22. The highest BCUT2D eigenvalue weighted by molar-refractivity contribution is 7.16. The molecule has 2 heterocycles. The van der Waals surface area contributed by atoms with Crippen LogP contribution < -0.4 is 5.32 Å². The normalized spacial score (nSPS) is 18.7. The summed E-state index contributed by atoms with van der Waals surface area (Å²) >= 11 is 1.65. The smallest absolute Gasteiger partial charge is 0.234 e. The average Bonchev–Trinajstić information content (AvgIpc) is 3.05. The highest BCUT2D eigenvalue weighted by Gasteiger charge is 2.22. The maximum Gasteiger partial charge on any atom is 0.234 e. The molecule has 0 radical (unpaired) electrons. The summed E-state index contributed by atoms with van der Waals surface area (Å²) in [5, 5.41) is 18.0. The zero-order valence-electron chi connectivity index (χ0n) is 12.3. The molecule has 1 aliphatic carbocycles. The third-order valence-corrected chi connectivity index (χ3v) is 5.14. The van der Waals surface area contributed by atoms with Gasteiger partial charge in [0.05, 0.1) is 0 Å². The van der Waals surface area contributed by atoms with Gasteiger partial charge in [-0.25, -0.2) is 0 Å². The maximum atomic E-state index is 4.70. The zero-order chi connectivity index (χ0) is 13.9. The highest BCUT2D eigenvalue weighted by atomic mass is 32.1. The van der Waals surface area contributed by atoms with Crippen molar-refractivity contribution in [2.24, 2.45) is 0 Å². The van der Waals surface area contributed by atoms with E-state index in [1.165, 1.54) is 32.1 Å². The van der Waals surface area contributed by atoms with Crippen molar-refractivity contribution in [2.75, 3.05) is 0 Å². The van der Waals surface area contributed by atoms with Gasteiger partial charge >= 0.3 is 0 Å². The monoisotopic (exact) mass is 293 g/mol. The Hall–Kier alpha value is -1.01. The highest BCUT2D eigenvalue weighted by Crippen LogP contribution is 2.32. The molecule has 5 nitrogen and oxygen atoms in total. The van der Waals surface area contributed by atoms with Gasteiger partial charge in [0.15, 0.2) is 5.82 Å². The lowest BCUT2D eigenvalue weighted by Crippen LogP contribution is -2.24. The Morgan fingerprint density at radius 1 is 1.30 bits per heavy atom. The third-order valence-electron chi connectivity index (χ3n) is 4.24. The van der Waals surface area contributed by atoms with Crippen molar-refractivity contribution in [1.29, 1.82) is 0 Å². The standard InChI is InChI=1S/C14H23N5S/c1-3-10(2)15-9-12-18-19-13(16-17-14(19)20-12)11-7-5-4-6-8-11/h10-11,15H,3-9H2,1-2H3. The van der Waals surface area contributed by atoms with Gasteiger partial charge in [0.2, 0.25) is 4.96 Å². The first-order chi connectivity index (χ1) is 9.78. The molecule has 6 heteroatoms. The molecular weight excluding hydrogens is 270 g/mol. The second kappa shape index (κ2) is 6.18. The second-order valence-corrected chi connectivity index (χ2v) is 6.81. The van der Waals surface area contributed by atoms with Crippen molar-refractivity contribution in [3.05, 3.63) is 10.8 Å². The fourth-order valence-electron chi connectivity index (χ4n) is 2.76. The van der Waals surface area contributed by atoms with E-state index < -0.39 is 0 Å². The number of rotatable bonds is 5. The van der Waals surface area contributed by atoms with Gasteiger partial charge in [0, 0.05) is 18.5 Å². The van der Waals surface area contributed by atoms with E-state index in [0.29, 0.717) is 12.0 Å². The number of hydrogen-bond donors (Lipinski definition) is 1. The quantitative estimate of drug-likeness (QED) is 0.920. The van der Waals surface area contributed by atoms with E-state index in [-0.39, 0.29) is 0 Å². The first kappa shape index (κ1) is 13.9. The topological polar surface area (TPSA) is 55.1 Å². The molecule has 1 saturated carbocycles. The van der Waals surface area contributed by atoms with Crippen molar-refractivity contribution < 1.29 is 0 Å². The van der Waals surface area contributed by atoms with Crippen LogP contribution in [0.1, 0.15) is 69.1 Å². The van der Waals surface area contributed by atoms with Gasteiger partial charge < -0.3 is 5.32 Å². The molecule has 0 amide bonds. The summed E-state index contributed by atoms with van der Waals surface area (Å²) < 4.78 is 1.98. The van der Waals surface area contributed by atoms with Crippen LogP contribution in [-0.4, -0.2) is 25.9 Å². The Labute approximate surface area is 123 Å². The molecule has 1 N–H and O–H groups in total. The van der Waals surface area contributed by atoms with Crippen LogP contribution in [0.5, 0.6) is 0 Å². The molecular formula is C14H23N5S. The van der Waals surface area contributed by atoms with Crippen LogP contribution in [-0.2, 0) is 6.54 Å². The van der Waals surface area contributed by atoms with Crippen molar-refractivity contribution in [3.63, 3.8) is 0 Å². The van der Waals surface area contributed by atoms with Crippen molar-refractivity contribution in [3.8, 4) is 0 Å². The fourth-order valence-corrected chi connectivity index (χ4v) is 3.56. The first-order valence-electron chi connectivity index (χ1n) is 7.72. The molecule has 20 heavy (non-hydrogen) atoms. The maximum absolute atomic E-state index is 4.70. The van der Waals surface area contributed by atoms with E-state index >= 15 is 0 Å². The predicted octanol–water partition coefficient (Wildman–Crippen LogP) is 3.12. The number of aromatic nitrogens is 4. The lowest BCUT2D eigenvalue weighted by molar-refractivity contribution is 0.422. The van der Waals surface area contributed by atoms with Crippen LogP contribution >= 0.6 is 11.3 Å². The van der Waals surface area contributed by atoms with Crippen molar-refractivity contribution in [1.82, 2.24) is 25.1 Å². The molecule has 3 rings (SSSR count). The zero-order valence-corrected chi connectivity index (χ0v) is 13.1. The minimum absolute atomic E-state index is 0.530. The van der Waals surface area contributed by atoms with Gasteiger partial charge in [-0.3, -0.25) is 0 Å². The molecule has 2 aromatic rings. The van der Waals surface area contributed by atoms with Gasteiger partial charge in [0.25, 0.3) is 0 Å². The molecule has 1 aliphatic rings. The minimum atomic E-state index is 0.530. The largest absolute Gasteiger partial charge is 0.308 e.